The van der Waals surface area contributed by atoms with Gasteiger partial charge in [-0.2, -0.15) is 15.6 Å². The van der Waals surface area contributed by atoms with Gasteiger partial charge in [-0.3, -0.25) is 0 Å². The Kier molecular flexibility index (Phi) is 5.44. The number of nitrogens with zero attached hydrogens (tertiary/aromatic N) is 4. The molecular formula is C20H15N5O4. The van der Waals surface area contributed by atoms with Gasteiger partial charge >= 0.3 is 5.97 Å². The summed E-state index contributed by atoms with van der Waals surface area (Å²) in [6, 6.07) is 13.4. The Hall–Kier alpha value is -4.34. The van der Waals surface area contributed by atoms with Gasteiger partial charge in [-0.25, -0.2) is 9.48 Å². The molecule has 4 N–H and O–H groups in total. The fourth-order valence-corrected chi connectivity index (χ4v) is 2.79. The predicted octanol–water partition coefficient (Wildman–Crippen LogP) is 2.35. The van der Waals surface area contributed by atoms with Crippen LogP contribution in [0.15, 0.2) is 40.8 Å². The van der Waals surface area contributed by atoms with Gasteiger partial charge in [0.25, 0.3) is 0 Å². The highest BCUT2D eigenvalue weighted by Gasteiger charge is 2.20. The number of benzene rings is 1. The number of carbonyl (C=O) groups is 1. The van der Waals surface area contributed by atoms with Gasteiger partial charge in [0.2, 0.25) is 0 Å². The average Bonchev–Trinajstić information content (AvgIpc) is 3.31. The number of carboxylic acids is 1. The molecule has 0 saturated heterocycles. The van der Waals surface area contributed by atoms with Crippen molar-refractivity contribution in [2.45, 2.75) is 6.54 Å². The molecule has 2 aromatic heterocycles. The summed E-state index contributed by atoms with van der Waals surface area (Å²) in [6.07, 6.45) is 1.39. The Morgan fingerprint density at radius 3 is 2.69 bits per heavy atom. The number of nitrogen functional groups attached to an aromatic ring is 1. The summed E-state index contributed by atoms with van der Waals surface area (Å²) < 4.78 is 6.94. The highest BCUT2D eigenvalue weighted by Crippen LogP contribution is 2.29. The van der Waals surface area contributed by atoms with Crippen LogP contribution in [0.2, 0.25) is 0 Å². The Morgan fingerprint density at radius 1 is 1.28 bits per heavy atom. The number of hydrogen-bond acceptors (Lipinski definition) is 7. The number of rotatable bonds is 6. The second kappa shape index (κ2) is 8.13. The van der Waals surface area contributed by atoms with E-state index in [0.717, 1.165) is 0 Å². The van der Waals surface area contributed by atoms with Gasteiger partial charge in [0.1, 0.15) is 40.7 Å². The quantitative estimate of drug-likeness (QED) is 0.541. The number of aromatic nitrogens is 2. The van der Waals surface area contributed by atoms with Crippen molar-refractivity contribution in [3.05, 3.63) is 59.0 Å². The zero-order chi connectivity index (χ0) is 21.0. The first kappa shape index (κ1) is 19.4. The van der Waals surface area contributed by atoms with Crippen molar-refractivity contribution in [1.29, 1.82) is 10.5 Å². The lowest BCUT2D eigenvalue weighted by Gasteiger charge is -2.02. The van der Waals surface area contributed by atoms with Crippen LogP contribution >= 0.6 is 0 Å². The van der Waals surface area contributed by atoms with Crippen LogP contribution in [0.5, 0.6) is 0 Å². The van der Waals surface area contributed by atoms with Crippen molar-refractivity contribution in [2.75, 3.05) is 12.3 Å². The average molecular weight is 389 g/mol. The molecule has 0 radical (unpaired) electrons. The van der Waals surface area contributed by atoms with Crippen molar-refractivity contribution < 1.29 is 19.4 Å². The van der Waals surface area contributed by atoms with E-state index < -0.39 is 5.97 Å². The van der Waals surface area contributed by atoms with Crippen molar-refractivity contribution in [3.63, 3.8) is 0 Å². The number of aliphatic hydroxyl groups is 1. The Morgan fingerprint density at radius 2 is 2.03 bits per heavy atom. The molecule has 0 aliphatic rings. The van der Waals surface area contributed by atoms with E-state index in [2.05, 4.69) is 5.10 Å². The molecule has 3 aromatic rings. The maximum Gasteiger partial charge on any atom is 0.336 e. The molecule has 3 rings (SSSR count). The SMILES string of the molecule is N#CC(=Cc1ccc(-c2ccccc2C(=O)O)o1)c1nn(CCO)c(N)c1C#N. The summed E-state index contributed by atoms with van der Waals surface area (Å²) in [5.41, 5.74) is 6.48. The summed E-state index contributed by atoms with van der Waals surface area (Å²) in [7, 11) is 0. The van der Waals surface area contributed by atoms with Crippen LogP contribution in [-0.4, -0.2) is 32.6 Å². The molecule has 0 bridgehead atoms. The van der Waals surface area contributed by atoms with Gasteiger partial charge in [-0.15, -0.1) is 0 Å². The molecule has 0 spiro atoms. The maximum atomic E-state index is 11.4. The molecule has 0 aliphatic heterocycles. The number of aliphatic hydroxyl groups excluding tert-OH is 1. The van der Waals surface area contributed by atoms with Crippen LogP contribution in [-0.2, 0) is 6.54 Å². The van der Waals surface area contributed by atoms with E-state index in [1.54, 1.807) is 30.3 Å². The highest BCUT2D eigenvalue weighted by atomic mass is 16.4. The van der Waals surface area contributed by atoms with Gasteiger partial charge in [0, 0.05) is 11.6 Å². The predicted molar refractivity (Wildman–Crippen MR) is 103 cm³/mol. The first-order valence-electron chi connectivity index (χ1n) is 8.42. The Labute approximate surface area is 165 Å². The number of allylic oxidation sites excluding steroid dienone is 1. The van der Waals surface area contributed by atoms with E-state index >= 15 is 0 Å². The van der Waals surface area contributed by atoms with Crippen LogP contribution in [0.4, 0.5) is 5.82 Å². The maximum absolute atomic E-state index is 11.4. The van der Waals surface area contributed by atoms with E-state index in [-0.39, 0.29) is 47.1 Å². The molecule has 29 heavy (non-hydrogen) atoms. The van der Waals surface area contributed by atoms with Crippen molar-refractivity contribution in [3.8, 4) is 23.5 Å². The summed E-state index contributed by atoms with van der Waals surface area (Å²) in [5, 5.41) is 41.5. The minimum Gasteiger partial charge on any atom is -0.478 e. The second-order valence-electron chi connectivity index (χ2n) is 5.89. The topological polar surface area (TPSA) is 162 Å². The molecule has 0 fully saturated rings. The lowest BCUT2D eigenvalue weighted by atomic mass is 10.1. The minimum atomic E-state index is -1.09. The summed E-state index contributed by atoms with van der Waals surface area (Å²) >= 11 is 0. The van der Waals surface area contributed by atoms with E-state index in [1.165, 1.54) is 16.8 Å². The van der Waals surface area contributed by atoms with E-state index in [0.29, 0.717) is 11.3 Å². The van der Waals surface area contributed by atoms with Crippen LogP contribution in [0.3, 0.4) is 0 Å². The molecule has 0 saturated carbocycles. The molecule has 2 heterocycles. The van der Waals surface area contributed by atoms with Crippen LogP contribution in [0, 0.1) is 22.7 Å². The summed E-state index contributed by atoms with van der Waals surface area (Å²) in [4.78, 5) is 11.4. The number of furan rings is 1. The van der Waals surface area contributed by atoms with Crippen molar-refractivity contribution >= 4 is 23.4 Å². The molecule has 9 heteroatoms. The lowest BCUT2D eigenvalue weighted by molar-refractivity contribution is 0.0697. The third-order valence-corrected chi connectivity index (χ3v) is 4.13. The van der Waals surface area contributed by atoms with Crippen LogP contribution in [0.1, 0.15) is 27.4 Å². The molecule has 1 aromatic carbocycles. The zero-order valence-electron chi connectivity index (χ0n) is 15.0. The van der Waals surface area contributed by atoms with Gasteiger partial charge in [0.15, 0.2) is 0 Å². The third-order valence-electron chi connectivity index (χ3n) is 4.13. The third kappa shape index (κ3) is 3.72. The van der Waals surface area contributed by atoms with Crippen molar-refractivity contribution in [1.82, 2.24) is 9.78 Å². The number of anilines is 1. The molecule has 0 unspecified atom stereocenters. The Balaban J connectivity index is 2.04. The van der Waals surface area contributed by atoms with Gasteiger partial charge in [0.05, 0.1) is 24.3 Å². The van der Waals surface area contributed by atoms with Gasteiger partial charge < -0.3 is 20.4 Å². The van der Waals surface area contributed by atoms with E-state index in [4.69, 9.17) is 15.3 Å². The molecule has 0 atom stereocenters. The molecule has 0 amide bonds. The smallest absolute Gasteiger partial charge is 0.336 e. The zero-order valence-corrected chi connectivity index (χ0v) is 15.0. The second-order valence-corrected chi connectivity index (χ2v) is 5.89. The van der Waals surface area contributed by atoms with Gasteiger partial charge in [-0.1, -0.05) is 18.2 Å². The largest absolute Gasteiger partial charge is 0.478 e. The fraction of sp³-hybridized carbons (Fsp3) is 0.100. The molecule has 0 aliphatic carbocycles. The standard InChI is InChI=1S/C20H15N5O4/c21-10-12(18-16(11-22)19(23)25(24-18)7-8-26)9-13-5-6-17(29-13)14-3-1-2-4-15(14)20(27)28/h1-6,9,26H,7-8,23H2,(H,27,28). The summed E-state index contributed by atoms with van der Waals surface area (Å²) in [5.74, 6) is -0.447. The number of hydrogen-bond donors (Lipinski definition) is 3. The van der Waals surface area contributed by atoms with Crippen molar-refractivity contribution in [2.24, 2.45) is 0 Å². The number of carboxylic acid groups (broad SMARTS) is 1. The first-order valence-corrected chi connectivity index (χ1v) is 8.42. The van der Waals surface area contributed by atoms with Crippen LogP contribution in [0.25, 0.3) is 23.0 Å². The number of nitriles is 2. The fourth-order valence-electron chi connectivity index (χ4n) is 2.79. The molecular weight excluding hydrogens is 374 g/mol. The number of nitrogens with two attached hydrogens (primary N) is 1. The van der Waals surface area contributed by atoms with E-state index in [9.17, 15) is 20.4 Å². The summed E-state index contributed by atoms with van der Waals surface area (Å²) in [6.45, 7) is -0.150. The van der Waals surface area contributed by atoms with E-state index in [1.807, 2.05) is 12.1 Å². The number of aromatic carboxylic acids is 1. The van der Waals surface area contributed by atoms with Gasteiger partial charge in [-0.05, 0) is 18.2 Å². The lowest BCUT2D eigenvalue weighted by Crippen LogP contribution is -2.07. The molecule has 144 valence electrons. The van der Waals surface area contributed by atoms with Crippen LogP contribution < -0.4 is 5.73 Å². The first-order chi connectivity index (χ1) is 14.0. The Bertz CT molecular complexity index is 1190. The minimum absolute atomic E-state index is 0.0225. The molecule has 9 nitrogen and oxygen atoms in total. The normalized spacial score (nSPS) is 11.1. The monoisotopic (exact) mass is 389 g/mol. The highest BCUT2D eigenvalue weighted by molar-refractivity contribution is 5.95.